The molecule has 0 atom stereocenters. The molecule has 1 aromatic carbocycles. The SMILES string of the molecule is CCOc1cc(-c2cc(C(=O)O)nn2C)c(OC)cc1C. The molecule has 1 aromatic heterocycles. The molecular weight excluding hydrogens is 272 g/mol. The fraction of sp³-hybridized carbons (Fsp3) is 0.333. The quantitative estimate of drug-likeness (QED) is 0.915. The van der Waals surface area contributed by atoms with Crippen LogP contribution in [0.2, 0.25) is 0 Å². The maximum absolute atomic E-state index is 11.0. The first-order chi connectivity index (χ1) is 9.97. The van der Waals surface area contributed by atoms with Crippen LogP contribution in [0.25, 0.3) is 11.3 Å². The monoisotopic (exact) mass is 290 g/mol. The molecule has 0 aliphatic carbocycles. The average Bonchev–Trinajstić information content (AvgIpc) is 2.83. The third kappa shape index (κ3) is 2.84. The topological polar surface area (TPSA) is 73.6 Å². The molecule has 0 fully saturated rings. The predicted octanol–water partition coefficient (Wildman–Crippen LogP) is 2.50. The molecular formula is C15H18N2O4. The zero-order valence-corrected chi connectivity index (χ0v) is 12.5. The van der Waals surface area contributed by atoms with Gasteiger partial charge in [0.05, 0.1) is 19.4 Å². The van der Waals surface area contributed by atoms with Gasteiger partial charge < -0.3 is 14.6 Å². The van der Waals surface area contributed by atoms with Gasteiger partial charge >= 0.3 is 5.97 Å². The highest BCUT2D eigenvalue weighted by Gasteiger charge is 2.17. The van der Waals surface area contributed by atoms with Crippen molar-refractivity contribution in [3.05, 3.63) is 29.5 Å². The molecule has 0 bridgehead atoms. The Hall–Kier alpha value is -2.50. The summed E-state index contributed by atoms with van der Waals surface area (Å²) in [5.41, 5.74) is 2.35. The summed E-state index contributed by atoms with van der Waals surface area (Å²) >= 11 is 0. The number of carboxylic acids is 1. The number of benzene rings is 1. The van der Waals surface area contributed by atoms with Crippen molar-refractivity contribution >= 4 is 5.97 Å². The summed E-state index contributed by atoms with van der Waals surface area (Å²) in [6.45, 7) is 4.40. The molecule has 0 aliphatic rings. The molecule has 0 spiro atoms. The molecule has 1 heterocycles. The van der Waals surface area contributed by atoms with Crippen molar-refractivity contribution < 1.29 is 19.4 Å². The van der Waals surface area contributed by atoms with Gasteiger partial charge in [-0.3, -0.25) is 4.68 Å². The van der Waals surface area contributed by atoms with E-state index in [1.807, 2.05) is 26.0 Å². The van der Waals surface area contributed by atoms with Gasteiger partial charge in [0.15, 0.2) is 5.69 Å². The molecule has 6 heteroatoms. The summed E-state index contributed by atoms with van der Waals surface area (Å²) < 4.78 is 12.5. The maximum atomic E-state index is 11.0. The number of hydrogen-bond acceptors (Lipinski definition) is 4. The normalized spacial score (nSPS) is 10.5. The maximum Gasteiger partial charge on any atom is 0.356 e. The second-order valence-corrected chi connectivity index (χ2v) is 4.59. The number of methoxy groups -OCH3 is 1. The highest BCUT2D eigenvalue weighted by molar-refractivity contribution is 5.87. The van der Waals surface area contributed by atoms with E-state index in [9.17, 15) is 4.79 Å². The Morgan fingerprint density at radius 2 is 2.05 bits per heavy atom. The van der Waals surface area contributed by atoms with Crippen molar-refractivity contribution in [2.24, 2.45) is 7.05 Å². The first kappa shape index (κ1) is 14.9. The third-order valence-electron chi connectivity index (χ3n) is 3.17. The zero-order valence-electron chi connectivity index (χ0n) is 12.5. The van der Waals surface area contributed by atoms with Crippen LogP contribution in [-0.4, -0.2) is 34.6 Å². The molecule has 6 nitrogen and oxygen atoms in total. The van der Waals surface area contributed by atoms with E-state index in [0.717, 1.165) is 16.9 Å². The number of carbonyl (C=O) groups is 1. The third-order valence-corrected chi connectivity index (χ3v) is 3.17. The first-order valence-corrected chi connectivity index (χ1v) is 6.57. The van der Waals surface area contributed by atoms with Crippen molar-refractivity contribution in [2.45, 2.75) is 13.8 Å². The van der Waals surface area contributed by atoms with E-state index in [0.29, 0.717) is 18.1 Å². The Labute approximate surface area is 122 Å². The van der Waals surface area contributed by atoms with Gasteiger partial charge in [0, 0.05) is 12.6 Å². The van der Waals surface area contributed by atoms with E-state index in [4.69, 9.17) is 14.6 Å². The zero-order chi connectivity index (χ0) is 15.6. The van der Waals surface area contributed by atoms with E-state index >= 15 is 0 Å². The summed E-state index contributed by atoms with van der Waals surface area (Å²) in [5, 5.41) is 13.0. The number of ether oxygens (including phenoxy) is 2. The van der Waals surface area contributed by atoms with Crippen molar-refractivity contribution in [2.75, 3.05) is 13.7 Å². The van der Waals surface area contributed by atoms with Crippen molar-refractivity contribution in [3.63, 3.8) is 0 Å². The van der Waals surface area contributed by atoms with Gasteiger partial charge in [-0.25, -0.2) is 4.79 Å². The molecule has 0 amide bonds. The Balaban J connectivity index is 2.61. The van der Waals surface area contributed by atoms with Crippen molar-refractivity contribution in [3.8, 4) is 22.8 Å². The van der Waals surface area contributed by atoms with Gasteiger partial charge in [0.1, 0.15) is 11.5 Å². The molecule has 0 saturated carbocycles. The van der Waals surface area contributed by atoms with Crippen molar-refractivity contribution in [1.29, 1.82) is 0 Å². The Bertz CT molecular complexity index is 677. The molecule has 0 saturated heterocycles. The summed E-state index contributed by atoms with van der Waals surface area (Å²) in [7, 11) is 3.27. The number of carboxylic acid groups (broad SMARTS) is 1. The Morgan fingerprint density at radius 3 is 2.57 bits per heavy atom. The number of aromatic nitrogens is 2. The van der Waals surface area contributed by atoms with E-state index in [1.54, 1.807) is 14.2 Å². The highest BCUT2D eigenvalue weighted by Crippen LogP contribution is 2.36. The van der Waals surface area contributed by atoms with Crippen molar-refractivity contribution in [1.82, 2.24) is 9.78 Å². The number of aryl methyl sites for hydroxylation is 2. The Kier molecular flexibility index (Phi) is 4.16. The summed E-state index contributed by atoms with van der Waals surface area (Å²) in [6.07, 6.45) is 0. The molecule has 1 N–H and O–H groups in total. The van der Waals surface area contributed by atoms with Gasteiger partial charge in [-0.15, -0.1) is 0 Å². The number of aromatic carboxylic acids is 1. The lowest BCUT2D eigenvalue weighted by atomic mass is 10.1. The van der Waals surface area contributed by atoms with Crippen LogP contribution in [0.1, 0.15) is 23.0 Å². The molecule has 2 rings (SSSR count). The smallest absolute Gasteiger partial charge is 0.356 e. The predicted molar refractivity (Wildman–Crippen MR) is 78.1 cm³/mol. The molecule has 0 aliphatic heterocycles. The number of hydrogen-bond donors (Lipinski definition) is 1. The second kappa shape index (κ2) is 5.87. The van der Waals surface area contributed by atoms with Gasteiger partial charge in [0.25, 0.3) is 0 Å². The van der Waals surface area contributed by atoms with E-state index in [-0.39, 0.29) is 5.69 Å². The van der Waals surface area contributed by atoms with E-state index < -0.39 is 5.97 Å². The molecule has 21 heavy (non-hydrogen) atoms. The number of nitrogens with zero attached hydrogens (tertiary/aromatic N) is 2. The van der Waals surface area contributed by atoms with Crippen LogP contribution in [0, 0.1) is 6.92 Å². The summed E-state index contributed by atoms with van der Waals surface area (Å²) in [6, 6.07) is 5.24. The second-order valence-electron chi connectivity index (χ2n) is 4.59. The average molecular weight is 290 g/mol. The van der Waals surface area contributed by atoms with E-state index in [2.05, 4.69) is 5.10 Å². The minimum absolute atomic E-state index is 0.00640. The lowest BCUT2D eigenvalue weighted by Crippen LogP contribution is -2.00. The largest absolute Gasteiger partial charge is 0.496 e. The fourth-order valence-electron chi connectivity index (χ4n) is 2.17. The summed E-state index contributed by atoms with van der Waals surface area (Å²) in [4.78, 5) is 11.0. The van der Waals surface area contributed by atoms with Crippen LogP contribution in [0.4, 0.5) is 0 Å². The molecule has 112 valence electrons. The first-order valence-electron chi connectivity index (χ1n) is 6.57. The van der Waals surface area contributed by atoms with E-state index in [1.165, 1.54) is 10.7 Å². The van der Waals surface area contributed by atoms with Gasteiger partial charge in [-0.1, -0.05) is 0 Å². The minimum Gasteiger partial charge on any atom is -0.496 e. The summed E-state index contributed by atoms with van der Waals surface area (Å²) in [5.74, 6) is 0.329. The fourth-order valence-corrected chi connectivity index (χ4v) is 2.17. The van der Waals surface area contributed by atoms with Crippen LogP contribution >= 0.6 is 0 Å². The molecule has 0 unspecified atom stereocenters. The Morgan fingerprint density at radius 1 is 1.33 bits per heavy atom. The van der Waals surface area contributed by atoms with Gasteiger partial charge in [-0.2, -0.15) is 5.10 Å². The van der Waals surface area contributed by atoms with Crippen LogP contribution in [0.3, 0.4) is 0 Å². The minimum atomic E-state index is -1.06. The van der Waals surface area contributed by atoms with Gasteiger partial charge in [0.2, 0.25) is 0 Å². The van der Waals surface area contributed by atoms with Crippen LogP contribution < -0.4 is 9.47 Å². The van der Waals surface area contributed by atoms with Gasteiger partial charge in [-0.05, 0) is 37.6 Å². The lowest BCUT2D eigenvalue weighted by Gasteiger charge is -2.14. The van der Waals surface area contributed by atoms with Crippen LogP contribution in [0.15, 0.2) is 18.2 Å². The van der Waals surface area contributed by atoms with Crippen LogP contribution in [0.5, 0.6) is 11.5 Å². The lowest BCUT2D eigenvalue weighted by molar-refractivity contribution is 0.0689. The number of rotatable bonds is 5. The molecule has 2 aromatic rings. The highest BCUT2D eigenvalue weighted by atomic mass is 16.5. The standard InChI is InChI=1S/C15H18N2O4/c1-5-21-13-7-10(14(20-4)6-9(13)2)12-8-11(15(18)19)16-17(12)3/h6-8H,5H2,1-4H3,(H,18,19). The molecule has 0 radical (unpaired) electrons. The van der Waals surface area contributed by atoms with Crippen LogP contribution in [-0.2, 0) is 7.05 Å².